The highest BCUT2D eigenvalue weighted by molar-refractivity contribution is 6.06. The van der Waals surface area contributed by atoms with Crippen LogP contribution in [0.4, 0.5) is 0 Å². The van der Waals surface area contributed by atoms with E-state index in [4.69, 9.17) is 9.47 Å². The van der Waals surface area contributed by atoms with Crippen LogP contribution in [0.25, 0.3) is 0 Å². The Kier molecular flexibility index (Phi) is 2.92. The zero-order valence-corrected chi connectivity index (χ0v) is 9.93. The molecule has 5 nitrogen and oxygen atoms in total. The van der Waals surface area contributed by atoms with Crippen molar-refractivity contribution in [2.24, 2.45) is 0 Å². The molecule has 0 aliphatic carbocycles. The first-order valence-electron chi connectivity index (χ1n) is 5.49. The third-order valence-corrected chi connectivity index (χ3v) is 3.29. The molecule has 0 fully saturated rings. The zero-order valence-electron chi connectivity index (χ0n) is 9.93. The second-order valence-corrected chi connectivity index (χ2v) is 4.08. The molecule has 0 saturated carbocycles. The number of hydrogen-bond acceptors (Lipinski definition) is 4. The Bertz CT molecular complexity index is 433. The highest BCUT2D eigenvalue weighted by Gasteiger charge is 2.52. The molecule has 0 aromatic carbocycles. The van der Waals surface area contributed by atoms with E-state index >= 15 is 0 Å². The highest BCUT2D eigenvalue weighted by Crippen LogP contribution is 2.36. The van der Waals surface area contributed by atoms with Crippen LogP contribution in [0.1, 0.15) is 18.5 Å². The zero-order chi connectivity index (χ0) is 12.5. The summed E-state index contributed by atoms with van der Waals surface area (Å²) in [4.78, 5) is 24.0. The second-order valence-electron chi connectivity index (χ2n) is 4.08. The maximum Gasteiger partial charge on any atom is 0.329 e. The van der Waals surface area contributed by atoms with Crippen LogP contribution in [-0.2, 0) is 31.0 Å². The van der Waals surface area contributed by atoms with Gasteiger partial charge in [0.05, 0.1) is 14.2 Å². The van der Waals surface area contributed by atoms with Gasteiger partial charge in [-0.05, 0) is 25.0 Å². The van der Waals surface area contributed by atoms with Crippen LogP contribution in [0.2, 0.25) is 0 Å². The molecule has 0 amide bonds. The van der Waals surface area contributed by atoms with E-state index in [9.17, 15) is 9.59 Å². The smallest absolute Gasteiger partial charge is 0.329 e. The predicted molar refractivity (Wildman–Crippen MR) is 59.4 cm³/mol. The number of carbonyl (C=O) groups excluding carboxylic acids is 2. The summed E-state index contributed by atoms with van der Waals surface area (Å²) in [7, 11) is 2.57. The molecule has 2 rings (SSSR count). The SMILES string of the molecule is COC(=O)C1(C(=O)OC)CCCn2cccc21. The van der Waals surface area contributed by atoms with Crippen LogP contribution in [0.5, 0.6) is 0 Å². The van der Waals surface area contributed by atoms with Crippen molar-refractivity contribution in [1.29, 1.82) is 0 Å². The van der Waals surface area contributed by atoms with Crippen LogP contribution in [0, 0.1) is 0 Å². The summed E-state index contributed by atoms with van der Waals surface area (Å²) in [5.41, 5.74) is -0.645. The number of aromatic nitrogens is 1. The van der Waals surface area contributed by atoms with E-state index in [-0.39, 0.29) is 0 Å². The second kappa shape index (κ2) is 4.24. The summed E-state index contributed by atoms with van der Waals surface area (Å²) in [6.07, 6.45) is 3.03. The van der Waals surface area contributed by atoms with E-state index in [0.29, 0.717) is 12.1 Å². The lowest BCUT2D eigenvalue weighted by atomic mass is 9.78. The summed E-state index contributed by atoms with van der Waals surface area (Å²) in [5.74, 6) is -1.10. The van der Waals surface area contributed by atoms with Crippen molar-refractivity contribution >= 4 is 11.9 Å². The maximum absolute atomic E-state index is 12.0. The monoisotopic (exact) mass is 237 g/mol. The Morgan fingerprint density at radius 2 is 1.94 bits per heavy atom. The van der Waals surface area contributed by atoms with Gasteiger partial charge in [-0.25, -0.2) is 0 Å². The summed E-state index contributed by atoms with van der Waals surface area (Å²) < 4.78 is 11.5. The standard InChI is InChI=1S/C12H15NO4/c1-16-10(14)12(11(15)17-2)6-4-8-13-7-3-5-9(12)13/h3,5,7H,4,6,8H2,1-2H3. The third-order valence-electron chi connectivity index (χ3n) is 3.29. The van der Waals surface area contributed by atoms with Gasteiger partial charge in [-0.3, -0.25) is 9.59 Å². The minimum atomic E-state index is -1.30. The van der Waals surface area contributed by atoms with Gasteiger partial charge in [-0.15, -0.1) is 0 Å². The first-order chi connectivity index (χ1) is 8.16. The predicted octanol–water partition coefficient (Wildman–Crippen LogP) is 0.866. The number of esters is 2. The van der Waals surface area contributed by atoms with Gasteiger partial charge in [0.2, 0.25) is 5.41 Å². The quantitative estimate of drug-likeness (QED) is 0.565. The van der Waals surface area contributed by atoms with Crippen molar-refractivity contribution in [1.82, 2.24) is 4.57 Å². The van der Waals surface area contributed by atoms with Gasteiger partial charge in [0, 0.05) is 18.4 Å². The minimum Gasteiger partial charge on any atom is -0.468 e. The van der Waals surface area contributed by atoms with Gasteiger partial charge in [0.25, 0.3) is 0 Å². The summed E-state index contributed by atoms with van der Waals surface area (Å²) in [6, 6.07) is 3.59. The van der Waals surface area contributed by atoms with Gasteiger partial charge < -0.3 is 14.0 Å². The lowest BCUT2D eigenvalue weighted by Gasteiger charge is -2.33. The lowest BCUT2D eigenvalue weighted by molar-refractivity contribution is -0.163. The fraction of sp³-hybridized carbons (Fsp3) is 0.500. The van der Waals surface area contributed by atoms with Gasteiger partial charge in [-0.2, -0.15) is 0 Å². The largest absolute Gasteiger partial charge is 0.468 e. The maximum atomic E-state index is 12.0. The number of methoxy groups -OCH3 is 2. The summed E-state index contributed by atoms with van der Waals surface area (Å²) in [6.45, 7) is 0.804. The van der Waals surface area contributed by atoms with E-state index in [1.807, 2.05) is 16.8 Å². The molecule has 17 heavy (non-hydrogen) atoms. The number of rotatable bonds is 2. The molecule has 0 atom stereocenters. The Labute approximate surface area is 99.3 Å². The summed E-state index contributed by atoms with van der Waals surface area (Å²) in [5, 5.41) is 0. The average molecular weight is 237 g/mol. The molecule has 0 unspecified atom stereocenters. The van der Waals surface area contributed by atoms with Crippen molar-refractivity contribution in [3.05, 3.63) is 24.0 Å². The van der Waals surface area contributed by atoms with E-state index < -0.39 is 17.4 Å². The molecular formula is C12H15NO4. The molecule has 1 aromatic rings. The Morgan fingerprint density at radius 1 is 1.29 bits per heavy atom. The molecule has 0 bridgehead atoms. The van der Waals surface area contributed by atoms with Crippen molar-refractivity contribution in [3.8, 4) is 0 Å². The number of fused-ring (bicyclic) bond motifs is 1. The van der Waals surface area contributed by atoms with E-state index in [2.05, 4.69) is 0 Å². The lowest BCUT2D eigenvalue weighted by Crippen LogP contribution is -2.48. The molecule has 1 aliphatic rings. The first kappa shape index (κ1) is 11.7. The molecule has 1 aromatic heterocycles. The van der Waals surface area contributed by atoms with Gasteiger partial charge >= 0.3 is 11.9 Å². The minimum absolute atomic E-state index is 0.427. The number of ether oxygens (including phenoxy) is 2. The van der Waals surface area contributed by atoms with Crippen LogP contribution in [0.3, 0.4) is 0 Å². The van der Waals surface area contributed by atoms with Crippen LogP contribution >= 0.6 is 0 Å². The summed E-state index contributed by atoms with van der Waals surface area (Å²) >= 11 is 0. The third kappa shape index (κ3) is 1.53. The normalized spacial score (nSPS) is 17.1. The van der Waals surface area contributed by atoms with E-state index in [1.165, 1.54) is 14.2 Å². The van der Waals surface area contributed by atoms with Gasteiger partial charge in [0.1, 0.15) is 0 Å². The molecule has 0 N–H and O–H groups in total. The fourth-order valence-corrected chi connectivity index (χ4v) is 2.48. The Morgan fingerprint density at radius 3 is 2.53 bits per heavy atom. The Hall–Kier alpha value is -1.78. The van der Waals surface area contributed by atoms with Crippen LogP contribution in [0.15, 0.2) is 18.3 Å². The number of nitrogens with zero attached hydrogens (tertiary/aromatic N) is 1. The molecule has 92 valence electrons. The first-order valence-corrected chi connectivity index (χ1v) is 5.49. The van der Waals surface area contributed by atoms with E-state index in [0.717, 1.165) is 13.0 Å². The molecule has 5 heteroatoms. The Balaban J connectivity index is 2.57. The highest BCUT2D eigenvalue weighted by atomic mass is 16.5. The average Bonchev–Trinajstić information content (AvgIpc) is 2.84. The number of carbonyl (C=O) groups is 2. The molecule has 1 aliphatic heterocycles. The van der Waals surface area contributed by atoms with E-state index in [1.54, 1.807) is 6.07 Å². The van der Waals surface area contributed by atoms with Crippen molar-refractivity contribution in [2.45, 2.75) is 24.8 Å². The molecule has 2 heterocycles. The number of aryl methyl sites for hydroxylation is 1. The molecular weight excluding hydrogens is 222 g/mol. The van der Waals surface area contributed by atoms with Gasteiger partial charge in [-0.1, -0.05) is 0 Å². The topological polar surface area (TPSA) is 57.5 Å². The van der Waals surface area contributed by atoms with Crippen molar-refractivity contribution < 1.29 is 19.1 Å². The number of hydrogen-bond donors (Lipinski definition) is 0. The fourth-order valence-electron chi connectivity index (χ4n) is 2.48. The van der Waals surface area contributed by atoms with Crippen LogP contribution < -0.4 is 0 Å². The molecule has 0 saturated heterocycles. The van der Waals surface area contributed by atoms with Crippen molar-refractivity contribution in [3.63, 3.8) is 0 Å². The molecule has 0 radical (unpaired) electrons. The van der Waals surface area contributed by atoms with Crippen LogP contribution in [-0.4, -0.2) is 30.7 Å². The van der Waals surface area contributed by atoms with Gasteiger partial charge in [0.15, 0.2) is 0 Å². The molecule has 0 spiro atoms. The van der Waals surface area contributed by atoms with Crippen molar-refractivity contribution in [2.75, 3.05) is 14.2 Å².